The molecule has 22 heavy (non-hydrogen) atoms. The van der Waals surface area contributed by atoms with Gasteiger partial charge in [0, 0.05) is 42.7 Å². The summed E-state index contributed by atoms with van der Waals surface area (Å²) in [6.45, 7) is 1.05. The summed E-state index contributed by atoms with van der Waals surface area (Å²) in [7, 11) is 0. The van der Waals surface area contributed by atoms with E-state index in [0.29, 0.717) is 17.2 Å². The average molecular weight is 300 g/mol. The van der Waals surface area contributed by atoms with E-state index in [1.165, 1.54) is 0 Å². The van der Waals surface area contributed by atoms with Crippen molar-refractivity contribution in [3.05, 3.63) is 36.2 Å². The van der Waals surface area contributed by atoms with Crippen molar-refractivity contribution in [1.82, 2.24) is 15.1 Å². The second-order valence-corrected chi connectivity index (χ2v) is 5.40. The number of amides is 2. The minimum absolute atomic E-state index is 0.123. The van der Waals surface area contributed by atoms with Crippen LogP contribution in [0.25, 0.3) is 0 Å². The molecule has 0 spiro atoms. The SMILES string of the molecule is O=C(Nc1ccc2c(c1)OCO2)N[C@H]1CCn2nccc2C1. The van der Waals surface area contributed by atoms with Gasteiger partial charge in [0.1, 0.15) is 0 Å². The lowest BCUT2D eigenvalue weighted by atomic mass is 10.0. The van der Waals surface area contributed by atoms with Gasteiger partial charge in [-0.1, -0.05) is 0 Å². The minimum Gasteiger partial charge on any atom is -0.454 e. The number of urea groups is 1. The summed E-state index contributed by atoms with van der Waals surface area (Å²) in [6, 6.07) is 7.25. The fraction of sp³-hybridized carbons (Fsp3) is 0.333. The highest BCUT2D eigenvalue weighted by Gasteiger charge is 2.21. The molecule has 0 aliphatic carbocycles. The van der Waals surface area contributed by atoms with Crippen LogP contribution in [0.3, 0.4) is 0 Å². The van der Waals surface area contributed by atoms with Crippen LogP contribution < -0.4 is 20.1 Å². The number of aryl methyl sites for hydroxylation is 1. The molecule has 1 aromatic heterocycles. The summed E-state index contributed by atoms with van der Waals surface area (Å²) in [4.78, 5) is 12.1. The Morgan fingerprint density at radius 2 is 2.18 bits per heavy atom. The van der Waals surface area contributed by atoms with E-state index in [1.54, 1.807) is 24.4 Å². The summed E-state index contributed by atoms with van der Waals surface area (Å²) in [6.07, 6.45) is 3.47. The zero-order valence-corrected chi connectivity index (χ0v) is 11.9. The molecule has 1 aromatic carbocycles. The van der Waals surface area contributed by atoms with Gasteiger partial charge >= 0.3 is 6.03 Å². The van der Waals surface area contributed by atoms with Crippen LogP contribution in [-0.2, 0) is 13.0 Å². The molecule has 4 rings (SSSR count). The maximum Gasteiger partial charge on any atom is 0.319 e. The van der Waals surface area contributed by atoms with Crippen molar-refractivity contribution in [1.29, 1.82) is 0 Å². The number of hydrogen-bond donors (Lipinski definition) is 2. The van der Waals surface area contributed by atoms with Crippen LogP contribution in [-0.4, -0.2) is 28.6 Å². The first kappa shape index (κ1) is 13.0. The molecule has 114 valence electrons. The highest BCUT2D eigenvalue weighted by molar-refractivity contribution is 5.89. The smallest absolute Gasteiger partial charge is 0.319 e. The monoisotopic (exact) mass is 300 g/mol. The van der Waals surface area contributed by atoms with Gasteiger partial charge in [0.15, 0.2) is 11.5 Å². The van der Waals surface area contributed by atoms with Gasteiger partial charge < -0.3 is 20.1 Å². The molecule has 0 unspecified atom stereocenters. The zero-order chi connectivity index (χ0) is 14.9. The highest BCUT2D eigenvalue weighted by atomic mass is 16.7. The van der Waals surface area contributed by atoms with Gasteiger partial charge in [0.2, 0.25) is 6.79 Å². The molecular formula is C15H16N4O3. The highest BCUT2D eigenvalue weighted by Crippen LogP contribution is 2.34. The van der Waals surface area contributed by atoms with E-state index in [2.05, 4.69) is 15.7 Å². The quantitative estimate of drug-likeness (QED) is 0.886. The fourth-order valence-corrected chi connectivity index (χ4v) is 2.82. The lowest BCUT2D eigenvalue weighted by Crippen LogP contribution is -2.42. The molecule has 0 saturated heterocycles. The maximum absolute atomic E-state index is 12.1. The van der Waals surface area contributed by atoms with E-state index in [-0.39, 0.29) is 18.9 Å². The van der Waals surface area contributed by atoms with Crippen LogP contribution in [0.4, 0.5) is 10.5 Å². The van der Waals surface area contributed by atoms with Crippen LogP contribution in [0.2, 0.25) is 0 Å². The first-order chi connectivity index (χ1) is 10.8. The molecule has 2 amide bonds. The largest absolute Gasteiger partial charge is 0.454 e. The number of carbonyl (C=O) groups excluding carboxylic acids is 1. The number of aromatic nitrogens is 2. The lowest BCUT2D eigenvalue weighted by molar-refractivity contribution is 0.174. The molecule has 1 atom stereocenters. The Bertz CT molecular complexity index is 713. The molecule has 2 aliphatic rings. The number of benzene rings is 1. The van der Waals surface area contributed by atoms with E-state index in [0.717, 1.165) is 25.1 Å². The van der Waals surface area contributed by atoms with Crippen molar-refractivity contribution in [2.24, 2.45) is 0 Å². The number of nitrogens with zero attached hydrogens (tertiary/aromatic N) is 2. The van der Waals surface area contributed by atoms with Crippen molar-refractivity contribution in [2.75, 3.05) is 12.1 Å². The number of nitrogens with one attached hydrogen (secondary N) is 2. The van der Waals surface area contributed by atoms with Gasteiger partial charge in [-0.05, 0) is 24.6 Å². The van der Waals surface area contributed by atoms with Crippen molar-refractivity contribution in [2.45, 2.75) is 25.4 Å². The molecule has 3 heterocycles. The Labute approximate surface area is 127 Å². The van der Waals surface area contributed by atoms with Crippen molar-refractivity contribution < 1.29 is 14.3 Å². The molecule has 0 saturated carbocycles. The van der Waals surface area contributed by atoms with Gasteiger partial charge in [-0.15, -0.1) is 0 Å². The van der Waals surface area contributed by atoms with E-state index in [9.17, 15) is 4.79 Å². The second kappa shape index (κ2) is 5.25. The molecule has 7 nitrogen and oxygen atoms in total. The fourth-order valence-electron chi connectivity index (χ4n) is 2.82. The van der Waals surface area contributed by atoms with Crippen LogP contribution >= 0.6 is 0 Å². The minimum atomic E-state index is -0.211. The standard InChI is InChI=1S/C15H16N4O3/c20-15(17-10-1-2-13-14(8-10)22-9-21-13)18-11-4-6-19-12(7-11)3-5-16-19/h1-3,5,8,11H,4,6-7,9H2,(H2,17,18,20)/t11-/m0/s1. The van der Waals surface area contributed by atoms with E-state index in [4.69, 9.17) is 9.47 Å². The number of ether oxygens (including phenoxy) is 2. The van der Waals surface area contributed by atoms with Gasteiger partial charge in [0.05, 0.1) is 0 Å². The third-order valence-electron chi connectivity index (χ3n) is 3.92. The average Bonchev–Trinajstić information content (AvgIpc) is 3.14. The number of anilines is 1. The molecule has 0 bridgehead atoms. The van der Waals surface area contributed by atoms with Gasteiger partial charge in [-0.2, -0.15) is 5.10 Å². The number of hydrogen-bond acceptors (Lipinski definition) is 4. The first-order valence-electron chi connectivity index (χ1n) is 7.26. The van der Waals surface area contributed by atoms with Gasteiger partial charge in [-0.25, -0.2) is 4.79 Å². The lowest BCUT2D eigenvalue weighted by Gasteiger charge is -2.24. The van der Waals surface area contributed by atoms with E-state index >= 15 is 0 Å². The Kier molecular flexibility index (Phi) is 3.10. The Morgan fingerprint density at radius 3 is 3.14 bits per heavy atom. The number of rotatable bonds is 2. The second-order valence-electron chi connectivity index (χ2n) is 5.40. The van der Waals surface area contributed by atoms with E-state index in [1.807, 2.05) is 10.7 Å². The van der Waals surface area contributed by atoms with Crippen molar-refractivity contribution in [3.63, 3.8) is 0 Å². The van der Waals surface area contributed by atoms with Crippen LogP contribution in [0.5, 0.6) is 11.5 Å². The predicted molar refractivity (Wildman–Crippen MR) is 79.1 cm³/mol. The van der Waals surface area contributed by atoms with Crippen LogP contribution in [0.15, 0.2) is 30.5 Å². The van der Waals surface area contributed by atoms with Crippen molar-refractivity contribution in [3.8, 4) is 11.5 Å². The first-order valence-corrected chi connectivity index (χ1v) is 7.26. The summed E-state index contributed by atoms with van der Waals surface area (Å²) in [5.41, 5.74) is 1.84. The summed E-state index contributed by atoms with van der Waals surface area (Å²) >= 11 is 0. The van der Waals surface area contributed by atoms with Crippen LogP contribution in [0, 0.1) is 0 Å². The Morgan fingerprint density at radius 1 is 1.27 bits per heavy atom. The van der Waals surface area contributed by atoms with Crippen molar-refractivity contribution >= 4 is 11.7 Å². The molecular weight excluding hydrogens is 284 g/mol. The third-order valence-corrected chi connectivity index (χ3v) is 3.92. The molecule has 0 radical (unpaired) electrons. The van der Waals surface area contributed by atoms with Gasteiger partial charge in [-0.3, -0.25) is 4.68 Å². The normalized spacial score (nSPS) is 18.6. The Hall–Kier alpha value is -2.70. The molecule has 2 aromatic rings. The van der Waals surface area contributed by atoms with Crippen LogP contribution in [0.1, 0.15) is 12.1 Å². The Balaban J connectivity index is 1.37. The topological polar surface area (TPSA) is 77.4 Å². The molecule has 0 fully saturated rings. The molecule has 2 N–H and O–H groups in total. The predicted octanol–water partition coefficient (Wildman–Crippen LogP) is 1.75. The maximum atomic E-state index is 12.1. The van der Waals surface area contributed by atoms with Gasteiger partial charge in [0.25, 0.3) is 0 Å². The number of fused-ring (bicyclic) bond motifs is 2. The molecule has 7 heteroatoms. The van der Waals surface area contributed by atoms with E-state index < -0.39 is 0 Å². The molecule has 2 aliphatic heterocycles. The third kappa shape index (κ3) is 2.45. The number of carbonyl (C=O) groups is 1. The summed E-state index contributed by atoms with van der Waals surface area (Å²) in [5.74, 6) is 1.35. The zero-order valence-electron chi connectivity index (χ0n) is 11.9. The summed E-state index contributed by atoms with van der Waals surface area (Å²) < 4.78 is 12.5. The summed E-state index contributed by atoms with van der Waals surface area (Å²) in [5, 5.41) is 10.1.